The molecule has 57 heavy (non-hydrogen) atoms. The van der Waals surface area contributed by atoms with Crippen molar-refractivity contribution in [2.45, 2.75) is 70.9 Å². The molecule has 1 saturated heterocycles. The van der Waals surface area contributed by atoms with Crippen LogP contribution in [0, 0.1) is 17.8 Å². The molecular formula is C46H54BNO8Si. The maximum absolute atomic E-state index is 14.4. The van der Waals surface area contributed by atoms with Gasteiger partial charge in [0.1, 0.15) is 5.75 Å². The Bertz CT molecular complexity index is 2040. The number of anilines is 1. The summed E-state index contributed by atoms with van der Waals surface area (Å²) in [6, 6.07) is 33.5. The van der Waals surface area contributed by atoms with Gasteiger partial charge in [-0.05, 0) is 87.5 Å². The van der Waals surface area contributed by atoms with Crippen LogP contribution in [-0.4, -0.2) is 71.9 Å². The molecule has 298 valence electrons. The van der Waals surface area contributed by atoms with E-state index in [4.69, 9.17) is 4.43 Å². The lowest BCUT2D eigenvalue weighted by atomic mass is 9.68. The zero-order chi connectivity index (χ0) is 40.9. The van der Waals surface area contributed by atoms with Gasteiger partial charge in [-0.25, -0.2) is 0 Å². The minimum Gasteiger partial charge on any atom is -0.508 e. The number of carbonyl (C=O) groups is 2. The molecule has 5 N–H and O–H groups in total. The Morgan fingerprint density at radius 1 is 0.895 bits per heavy atom. The average molecular weight is 788 g/mol. The summed E-state index contributed by atoms with van der Waals surface area (Å²) < 4.78 is 7.39. The van der Waals surface area contributed by atoms with Crippen molar-refractivity contribution in [2.75, 3.05) is 18.1 Å². The number of aliphatic hydroxyl groups excluding tert-OH is 2. The van der Waals surface area contributed by atoms with Crippen LogP contribution in [0.3, 0.4) is 0 Å². The third-order valence-electron chi connectivity index (χ3n) is 11.6. The summed E-state index contributed by atoms with van der Waals surface area (Å²) in [4.78, 5) is 29.8. The van der Waals surface area contributed by atoms with Gasteiger partial charge in [-0.1, -0.05) is 131 Å². The number of carbonyl (C=O) groups excluding carboxylic acids is 2. The van der Waals surface area contributed by atoms with Crippen molar-refractivity contribution in [2.24, 2.45) is 17.8 Å². The van der Waals surface area contributed by atoms with E-state index in [-0.39, 0.29) is 35.0 Å². The second-order valence-electron chi connectivity index (χ2n) is 16.3. The second kappa shape index (κ2) is 17.9. The van der Waals surface area contributed by atoms with Gasteiger partial charge in [-0.3, -0.25) is 14.5 Å². The lowest BCUT2D eigenvalue weighted by molar-refractivity contribution is -0.123. The zero-order valence-corrected chi connectivity index (χ0v) is 34.2. The Labute approximate surface area is 337 Å². The predicted octanol–water partition coefficient (Wildman–Crippen LogP) is 5.09. The van der Waals surface area contributed by atoms with Crippen LogP contribution in [0.5, 0.6) is 5.75 Å². The highest BCUT2D eigenvalue weighted by molar-refractivity contribution is 6.99. The van der Waals surface area contributed by atoms with Gasteiger partial charge >= 0.3 is 7.12 Å². The van der Waals surface area contributed by atoms with Crippen molar-refractivity contribution in [1.82, 2.24) is 0 Å². The quantitative estimate of drug-likeness (QED) is 0.0637. The van der Waals surface area contributed by atoms with E-state index >= 15 is 0 Å². The number of nitrogens with zero attached hydrogens (tertiary/aromatic N) is 1. The fourth-order valence-electron chi connectivity index (χ4n) is 9.00. The molecule has 4 aromatic rings. The molecule has 1 aliphatic carbocycles. The number of rotatable bonds is 15. The van der Waals surface area contributed by atoms with Gasteiger partial charge in [0.25, 0.3) is 8.32 Å². The van der Waals surface area contributed by atoms with Gasteiger partial charge in [0.15, 0.2) is 0 Å². The standard InChI is InChI=1S/C46H54BNO8Si/c1-5-13-31(26-32-20-23-36(50)24-21-32)22-25-41(51)42-33(30-56-57(46(2,3)4,37-16-8-6-9-17-37)38-18-10-7-11-19-38)27-39-43(40(42)29-49)45(53)48(44(39)52)35-15-12-14-34(28-35)47(54)55/h6-12,14-21,23-24,26,28,39-41,43,49-51,54-55H,5,13,22,25,27,29-30H2,1-4H3/b31-26+/t39-,40+,41-,43-/m1/s1. The van der Waals surface area contributed by atoms with Gasteiger partial charge in [0, 0.05) is 5.92 Å². The first-order valence-corrected chi connectivity index (χ1v) is 21.8. The highest BCUT2D eigenvalue weighted by Crippen LogP contribution is 2.48. The van der Waals surface area contributed by atoms with Gasteiger partial charge < -0.3 is 29.8 Å². The smallest absolute Gasteiger partial charge is 0.488 e. The Morgan fingerprint density at radius 2 is 1.53 bits per heavy atom. The number of allylic oxidation sites excluding steroid dienone is 1. The average Bonchev–Trinajstić information content (AvgIpc) is 3.45. The summed E-state index contributed by atoms with van der Waals surface area (Å²) in [5.41, 5.74) is 3.66. The maximum Gasteiger partial charge on any atom is 0.488 e. The number of amides is 2. The molecule has 4 aromatic carbocycles. The number of benzene rings is 4. The SMILES string of the molecule is CCC/C(=C\c1ccc(O)cc1)CC[C@@H](O)C1=C(CO[Si](c2ccccc2)(c2ccccc2)C(C)(C)C)C[C@H]2C(=O)N(c3cccc(B(O)O)c3)C(=O)[C@H]2[C@H]1CO. The Morgan fingerprint density at radius 3 is 2.09 bits per heavy atom. The summed E-state index contributed by atoms with van der Waals surface area (Å²) in [6.45, 7) is 8.25. The first-order chi connectivity index (χ1) is 27.3. The Balaban J connectivity index is 1.43. The van der Waals surface area contributed by atoms with Crippen molar-refractivity contribution >= 4 is 54.8 Å². The van der Waals surface area contributed by atoms with Crippen LogP contribution in [0.15, 0.2) is 126 Å². The van der Waals surface area contributed by atoms with E-state index in [9.17, 15) is 35.0 Å². The molecular weight excluding hydrogens is 733 g/mol. The van der Waals surface area contributed by atoms with E-state index in [0.717, 1.165) is 39.3 Å². The highest BCUT2D eigenvalue weighted by atomic mass is 28.4. The molecule has 2 aliphatic rings. The van der Waals surface area contributed by atoms with Crippen LogP contribution < -0.4 is 20.7 Å². The van der Waals surface area contributed by atoms with Crippen molar-refractivity contribution in [3.8, 4) is 5.75 Å². The van der Waals surface area contributed by atoms with Gasteiger partial charge in [-0.15, -0.1) is 0 Å². The minimum absolute atomic E-state index is 0.0816. The third-order valence-corrected chi connectivity index (χ3v) is 16.6. The molecule has 4 atom stereocenters. The topological polar surface area (TPSA) is 148 Å². The van der Waals surface area contributed by atoms with E-state index in [1.54, 1.807) is 24.3 Å². The number of hydrogen-bond donors (Lipinski definition) is 5. The van der Waals surface area contributed by atoms with E-state index in [0.29, 0.717) is 24.0 Å². The van der Waals surface area contributed by atoms with E-state index in [2.05, 4.69) is 58.0 Å². The van der Waals surface area contributed by atoms with Crippen LogP contribution in [0.25, 0.3) is 6.08 Å². The molecule has 0 spiro atoms. The Kier molecular flexibility index (Phi) is 13.2. The Hall–Kier alpha value is -4.62. The number of phenolic OH excluding ortho intramolecular Hbond substituents is 1. The van der Waals surface area contributed by atoms with Crippen molar-refractivity contribution in [1.29, 1.82) is 0 Å². The normalized spacial score (nSPS) is 19.5. The maximum atomic E-state index is 14.4. The molecule has 0 radical (unpaired) electrons. The summed E-state index contributed by atoms with van der Waals surface area (Å²) in [7, 11) is -4.88. The van der Waals surface area contributed by atoms with Crippen LogP contribution in [-0.2, 0) is 14.0 Å². The van der Waals surface area contributed by atoms with Gasteiger partial charge in [0.2, 0.25) is 11.8 Å². The molecule has 2 amide bonds. The lowest BCUT2D eigenvalue weighted by Gasteiger charge is -2.44. The molecule has 1 fully saturated rings. The number of fused-ring (bicyclic) bond motifs is 1. The number of aromatic hydroxyl groups is 1. The number of hydrogen-bond acceptors (Lipinski definition) is 8. The number of imide groups is 1. The van der Waals surface area contributed by atoms with Crippen molar-refractivity contribution in [3.63, 3.8) is 0 Å². The minimum atomic E-state index is -3.09. The predicted molar refractivity (Wildman–Crippen MR) is 228 cm³/mol. The first-order valence-electron chi connectivity index (χ1n) is 19.9. The van der Waals surface area contributed by atoms with E-state index < -0.39 is 57.7 Å². The van der Waals surface area contributed by atoms with Crippen LogP contribution in [0.4, 0.5) is 5.69 Å². The number of phenols is 1. The monoisotopic (exact) mass is 787 g/mol. The fourth-order valence-corrected chi connectivity index (χ4v) is 13.5. The molecule has 0 saturated carbocycles. The third kappa shape index (κ3) is 8.65. The van der Waals surface area contributed by atoms with Crippen LogP contribution in [0.2, 0.25) is 5.04 Å². The first kappa shape index (κ1) is 42.0. The molecule has 11 heteroatoms. The summed E-state index contributed by atoms with van der Waals surface area (Å²) in [5.74, 6) is -3.37. The molecule has 6 rings (SSSR count). The van der Waals surface area contributed by atoms with Crippen molar-refractivity contribution in [3.05, 3.63) is 131 Å². The van der Waals surface area contributed by atoms with E-state index in [1.165, 1.54) is 12.1 Å². The molecule has 0 bridgehead atoms. The number of aliphatic hydroxyl groups is 2. The molecule has 1 aliphatic heterocycles. The summed E-state index contributed by atoms with van der Waals surface area (Å²) in [5, 5.41) is 54.9. The van der Waals surface area contributed by atoms with Crippen LogP contribution >= 0.6 is 0 Å². The van der Waals surface area contributed by atoms with Gasteiger partial charge in [-0.2, -0.15) is 0 Å². The lowest BCUT2D eigenvalue weighted by Crippen LogP contribution is -2.66. The highest BCUT2D eigenvalue weighted by Gasteiger charge is 2.56. The second-order valence-corrected chi connectivity index (χ2v) is 20.6. The summed E-state index contributed by atoms with van der Waals surface area (Å²) in [6.07, 6.45) is 3.73. The largest absolute Gasteiger partial charge is 0.508 e. The fraction of sp³-hybridized carbons (Fsp3) is 0.348. The van der Waals surface area contributed by atoms with Gasteiger partial charge in [0.05, 0.1) is 36.8 Å². The molecule has 0 aromatic heterocycles. The van der Waals surface area contributed by atoms with Crippen LogP contribution in [0.1, 0.15) is 65.4 Å². The zero-order valence-electron chi connectivity index (χ0n) is 33.2. The molecule has 9 nitrogen and oxygen atoms in total. The molecule has 1 heterocycles. The summed E-state index contributed by atoms with van der Waals surface area (Å²) >= 11 is 0. The molecule has 0 unspecified atom stereocenters. The van der Waals surface area contributed by atoms with Crippen molar-refractivity contribution < 1.29 is 39.4 Å². The van der Waals surface area contributed by atoms with E-state index in [1.807, 2.05) is 48.5 Å².